The zero-order valence-electron chi connectivity index (χ0n) is 5.90. The SMILES string of the molecule is O=C(O)c1n[n]([AlH][I])ccc1=O. The highest BCUT2D eigenvalue weighted by molar-refractivity contribution is 14.1. The molecule has 0 aliphatic rings. The van der Waals surface area contributed by atoms with Crippen molar-refractivity contribution in [3.05, 3.63) is 28.2 Å². The zero-order chi connectivity index (χ0) is 9.14. The lowest BCUT2D eigenvalue weighted by molar-refractivity contribution is 0.0687. The van der Waals surface area contributed by atoms with Gasteiger partial charge in [0.1, 0.15) is 0 Å². The van der Waals surface area contributed by atoms with E-state index in [1.807, 2.05) is 0 Å². The van der Waals surface area contributed by atoms with Crippen molar-refractivity contribution in [2.75, 3.05) is 0 Å². The van der Waals surface area contributed by atoms with E-state index in [4.69, 9.17) is 5.11 Å². The number of hydrogen-bond acceptors (Lipinski definition) is 3. The summed E-state index contributed by atoms with van der Waals surface area (Å²) in [6.45, 7) is 0. The molecule has 0 atom stereocenters. The van der Waals surface area contributed by atoms with E-state index < -0.39 is 29.2 Å². The first-order valence-electron chi connectivity index (χ1n) is 3.02. The molecule has 0 spiro atoms. The number of hydrogen-bond donors (Lipinski definition) is 1. The highest BCUT2D eigenvalue weighted by Crippen LogP contribution is 1.86. The van der Waals surface area contributed by atoms with Gasteiger partial charge in [0.05, 0.1) is 0 Å². The van der Waals surface area contributed by atoms with Gasteiger partial charge >= 0.3 is 18.1 Å². The van der Waals surface area contributed by atoms with Gasteiger partial charge in [-0.3, -0.25) is 4.79 Å². The van der Waals surface area contributed by atoms with Crippen LogP contribution in [-0.4, -0.2) is 32.0 Å². The monoisotopic (exact) mass is 294 g/mol. The fourth-order valence-corrected chi connectivity index (χ4v) is 2.18. The molecule has 0 aliphatic heterocycles. The second kappa shape index (κ2) is 4.02. The van der Waals surface area contributed by atoms with Gasteiger partial charge < -0.3 is 8.77 Å². The number of halogens is 1. The van der Waals surface area contributed by atoms with E-state index in [1.54, 1.807) is 0 Å². The third-order valence-corrected chi connectivity index (χ3v) is 3.88. The van der Waals surface area contributed by atoms with Crippen LogP contribution in [0.4, 0.5) is 0 Å². The Bertz CT molecular complexity index is 364. The van der Waals surface area contributed by atoms with Gasteiger partial charge in [0.2, 0.25) is 11.1 Å². The van der Waals surface area contributed by atoms with Crippen molar-refractivity contribution in [1.29, 1.82) is 0 Å². The van der Waals surface area contributed by atoms with Crippen LogP contribution in [0, 0.1) is 0 Å². The number of carboxylic acid groups (broad SMARTS) is 1. The third kappa shape index (κ3) is 2.06. The van der Waals surface area contributed by atoms with E-state index in [0.717, 1.165) is 0 Å². The van der Waals surface area contributed by atoms with Crippen LogP contribution in [0.25, 0.3) is 0 Å². The maximum absolute atomic E-state index is 10.9. The zero-order valence-corrected chi connectivity index (χ0v) is 9.47. The molecule has 0 aromatic carbocycles. The fraction of sp³-hybridized carbons (Fsp3) is 0. The van der Waals surface area contributed by atoms with Crippen LogP contribution >= 0.6 is 20.3 Å². The average Bonchev–Trinajstić information content (AvgIpc) is 2.05. The highest BCUT2D eigenvalue weighted by Gasteiger charge is 2.09. The van der Waals surface area contributed by atoms with E-state index in [9.17, 15) is 9.59 Å². The molecule has 0 amide bonds. The molecule has 0 aliphatic carbocycles. The molecule has 1 heterocycles. The molecule has 1 N–H and O–H groups in total. The highest BCUT2D eigenvalue weighted by atomic mass is 127. The quantitative estimate of drug-likeness (QED) is 0.589. The standard InChI is InChI=1S/C5H4N2O3.Al.HI.H/c8-3-1-2-6-7-4(3)5(9)10;;;/h1-2H,(H2,6,8,9,10);;1H;/q;+2;;/p-2. The van der Waals surface area contributed by atoms with Crippen LogP contribution in [-0.2, 0) is 0 Å². The Hall–Kier alpha value is -0.388. The van der Waals surface area contributed by atoms with Gasteiger partial charge in [0.25, 0.3) is 0 Å². The number of carboxylic acids is 1. The summed E-state index contributed by atoms with van der Waals surface area (Å²) in [5, 5.41) is 12.2. The predicted molar refractivity (Wildman–Crippen MR) is 52.0 cm³/mol. The van der Waals surface area contributed by atoms with E-state index in [2.05, 4.69) is 25.4 Å². The van der Waals surface area contributed by atoms with Crippen molar-refractivity contribution < 1.29 is 9.90 Å². The van der Waals surface area contributed by atoms with Crippen molar-refractivity contribution in [2.24, 2.45) is 0 Å². The largest absolute Gasteiger partial charge is 0.505 e. The minimum Gasteiger partial charge on any atom is -0.476 e. The van der Waals surface area contributed by atoms with Crippen molar-refractivity contribution in [1.82, 2.24) is 8.76 Å². The minimum atomic E-state index is -1.27. The van der Waals surface area contributed by atoms with E-state index in [-0.39, 0.29) is 0 Å². The van der Waals surface area contributed by atoms with Gasteiger partial charge in [0, 0.05) is 6.07 Å². The van der Waals surface area contributed by atoms with Gasteiger partial charge in [0.15, 0.2) is 0 Å². The molecule has 1 aromatic heterocycles. The molecular formula is C5H4AlIN2O3. The summed E-state index contributed by atoms with van der Waals surface area (Å²) in [5.41, 5.74) is -0.945. The van der Waals surface area contributed by atoms with E-state index >= 15 is 0 Å². The molecule has 5 nitrogen and oxygen atoms in total. The number of carbonyl (C=O) groups is 1. The Morgan fingerprint density at radius 1 is 1.75 bits per heavy atom. The van der Waals surface area contributed by atoms with E-state index in [1.165, 1.54) is 15.9 Å². The summed E-state index contributed by atoms with van der Waals surface area (Å²) in [7, 11) is 0. The topological polar surface area (TPSA) is 72.2 Å². The first-order chi connectivity index (χ1) is 5.65. The van der Waals surface area contributed by atoms with Gasteiger partial charge in [-0.1, -0.05) is 0 Å². The van der Waals surface area contributed by atoms with Crippen LogP contribution in [0.5, 0.6) is 0 Å². The summed E-state index contributed by atoms with van der Waals surface area (Å²) < 4.78 is 1.52. The van der Waals surface area contributed by atoms with Crippen LogP contribution in [0.3, 0.4) is 0 Å². The van der Waals surface area contributed by atoms with Crippen molar-refractivity contribution in [3.63, 3.8) is 0 Å². The number of aromatic nitrogens is 2. The Labute approximate surface area is 85.0 Å². The molecule has 62 valence electrons. The van der Waals surface area contributed by atoms with Crippen LogP contribution in [0.2, 0.25) is 0 Å². The van der Waals surface area contributed by atoms with Gasteiger partial charge in [-0.05, 0) is 6.20 Å². The Kier molecular flexibility index (Phi) is 3.25. The lowest BCUT2D eigenvalue weighted by Gasteiger charge is -1.98. The summed E-state index contributed by atoms with van der Waals surface area (Å²) >= 11 is 1.54. The lowest BCUT2D eigenvalue weighted by atomic mass is 10.4. The molecule has 1 aromatic rings. The first-order valence-corrected chi connectivity index (χ1v) is 8.76. The number of aromatic carboxylic acids is 1. The Morgan fingerprint density at radius 3 is 2.92 bits per heavy atom. The van der Waals surface area contributed by atoms with Gasteiger partial charge in [-0.15, -0.1) is 0 Å². The third-order valence-electron chi connectivity index (χ3n) is 1.18. The van der Waals surface area contributed by atoms with Gasteiger partial charge in [-0.2, -0.15) is 25.4 Å². The Balaban J connectivity index is 3.26. The lowest BCUT2D eigenvalue weighted by Crippen LogP contribution is -2.21. The molecule has 0 radical (unpaired) electrons. The molecule has 0 fully saturated rings. The first kappa shape index (κ1) is 9.70. The smallest absolute Gasteiger partial charge is 0.476 e. The van der Waals surface area contributed by atoms with E-state index in [0.29, 0.717) is 0 Å². The molecule has 12 heavy (non-hydrogen) atoms. The van der Waals surface area contributed by atoms with Crippen LogP contribution in [0.1, 0.15) is 10.5 Å². The number of rotatable bonds is 2. The average molecular weight is 294 g/mol. The molecule has 0 bridgehead atoms. The van der Waals surface area contributed by atoms with Crippen molar-refractivity contribution in [3.8, 4) is 0 Å². The Morgan fingerprint density at radius 2 is 2.42 bits per heavy atom. The van der Waals surface area contributed by atoms with Crippen LogP contribution in [0.15, 0.2) is 17.1 Å². The summed E-state index contributed by atoms with van der Waals surface area (Å²) in [5.74, 6) is -1.27. The van der Waals surface area contributed by atoms with Crippen molar-refractivity contribution >= 4 is 38.4 Å². The maximum atomic E-state index is 10.9. The summed E-state index contributed by atoms with van der Waals surface area (Å²) in [6.07, 6.45) is 1.51. The number of nitrogens with zero attached hydrogens (tertiary/aromatic N) is 2. The molecule has 0 saturated heterocycles. The molecule has 7 heteroatoms. The minimum absolute atomic E-state index is 0.401. The second-order valence-electron chi connectivity index (χ2n) is 1.99. The molecule has 1 rings (SSSR count). The predicted octanol–water partition coefficient (Wildman–Crippen LogP) is -0.509. The summed E-state index contributed by atoms with van der Waals surface area (Å²) in [4.78, 5) is 21.3. The fourth-order valence-electron chi connectivity index (χ4n) is 0.658. The molecular weight excluding hydrogens is 290 g/mol. The van der Waals surface area contributed by atoms with Crippen LogP contribution < -0.4 is 5.43 Å². The van der Waals surface area contributed by atoms with Crippen molar-refractivity contribution in [2.45, 2.75) is 0 Å². The van der Waals surface area contributed by atoms with Gasteiger partial charge in [-0.25, -0.2) is 4.79 Å². The normalized spacial score (nSPS) is 9.42. The molecule has 0 saturated carbocycles. The molecule has 0 unspecified atom stereocenters. The second-order valence-corrected chi connectivity index (χ2v) is 4.93. The maximum Gasteiger partial charge on any atom is 0.505 e. The summed E-state index contributed by atoms with van der Waals surface area (Å²) in [6, 6.07) is 1.22.